The van der Waals surface area contributed by atoms with E-state index >= 15 is 0 Å². The second-order valence-corrected chi connectivity index (χ2v) is 12.1. The summed E-state index contributed by atoms with van der Waals surface area (Å²) in [5.41, 5.74) is 0.262. The van der Waals surface area contributed by atoms with Crippen LogP contribution in [0.4, 0.5) is 5.69 Å². The Morgan fingerprint density at radius 3 is 2.22 bits per heavy atom. The molecule has 5 rings (SSSR count). The van der Waals surface area contributed by atoms with Gasteiger partial charge in [-0.05, 0) is 79.9 Å². The Balaban J connectivity index is 1.35. The van der Waals surface area contributed by atoms with Crippen molar-refractivity contribution in [3.63, 3.8) is 0 Å². The summed E-state index contributed by atoms with van der Waals surface area (Å²) in [6.07, 6.45) is 7.60. The van der Waals surface area contributed by atoms with Gasteiger partial charge in [-0.25, -0.2) is 12.7 Å². The fraction of sp³-hybridized carbons (Fsp3) is 0.652. The number of benzene rings is 1. The van der Waals surface area contributed by atoms with E-state index in [0.717, 1.165) is 41.3 Å². The summed E-state index contributed by atoms with van der Waals surface area (Å²) in [6, 6.07) is 4.23. The van der Waals surface area contributed by atoms with E-state index in [2.05, 4.69) is 5.32 Å². The first-order valence-electron chi connectivity index (χ1n) is 11.2. The highest BCUT2D eigenvalue weighted by Crippen LogP contribution is 2.61. The lowest BCUT2D eigenvalue weighted by Crippen LogP contribution is -2.47. The molecule has 176 valence electrons. The molecule has 1 amide bonds. The first kappa shape index (κ1) is 23.0. The van der Waals surface area contributed by atoms with E-state index in [-0.39, 0.29) is 22.0 Å². The van der Waals surface area contributed by atoms with Crippen molar-refractivity contribution in [1.29, 1.82) is 0 Å². The molecule has 1 aromatic rings. The number of hydrogen-bond acceptors (Lipinski definition) is 6. The Hall–Kier alpha value is -2.13. The number of nitrogens with one attached hydrogen (secondary N) is 1. The smallest absolute Gasteiger partial charge is 0.306 e. The van der Waals surface area contributed by atoms with Crippen molar-refractivity contribution in [3.8, 4) is 5.75 Å². The minimum atomic E-state index is -3.67. The van der Waals surface area contributed by atoms with Crippen LogP contribution in [0.5, 0.6) is 5.75 Å². The summed E-state index contributed by atoms with van der Waals surface area (Å²) in [5.74, 6) is 1.68. The molecule has 4 aliphatic carbocycles. The van der Waals surface area contributed by atoms with Crippen LogP contribution in [0.15, 0.2) is 23.1 Å². The zero-order valence-electron chi connectivity index (χ0n) is 18.9. The molecule has 4 aliphatic rings. The lowest BCUT2D eigenvalue weighted by molar-refractivity contribution is -0.154. The largest absolute Gasteiger partial charge is 0.495 e. The lowest BCUT2D eigenvalue weighted by Gasteiger charge is -2.56. The van der Waals surface area contributed by atoms with Crippen molar-refractivity contribution < 1.29 is 27.5 Å². The van der Waals surface area contributed by atoms with E-state index in [9.17, 15) is 18.0 Å². The summed E-state index contributed by atoms with van der Waals surface area (Å²) in [5, 5.41) is 2.60. The maximum absolute atomic E-state index is 12.6. The molecule has 32 heavy (non-hydrogen) atoms. The maximum Gasteiger partial charge on any atom is 0.306 e. The van der Waals surface area contributed by atoms with Crippen molar-refractivity contribution in [2.75, 3.05) is 33.1 Å². The molecule has 0 atom stereocenters. The van der Waals surface area contributed by atoms with Gasteiger partial charge >= 0.3 is 5.97 Å². The molecule has 0 aromatic heterocycles. The topological polar surface area (TPSA) is 102 Å². The van der Waals surface area contributed by atoms with Crippen molar-refractivity contribution in [2.45, 2.75) is 49.8 Å². The molecule has 0 heterocycles. The predicted octanol–water partition coefficient (Wildman–Crippen LogP) is 3.03. The van der Waals surface area contributed by atoms with Crippen LogP contribution in [0, 0.1) is 23.2 Å². The average molecular weight is 465 g/mol. The molecule has 1 N–H and O–H groups in total. The Kier molecular flexibility index (Phi) is 6.24. The summed E-state index contributed by atoms with van der Waals surface area (Å²) in [7, 11) is 0.619. The summed E-state index contributed by atoms with van der Waals surface area (Å²) in [4.78, 5) is 25.0. The van der Waals surface area contributed by atoms with Gasteiger partial charge in [-0.3, -0.25) is 9.59 Å². The number of sulfonamides is 1. The highest BCUT2D eigenvalue weighted by atomic mass is 32.2. The van der Waals surface area contributed by atoms with Gasteiger partial charge in [0.25, 0.3) is 5.91 Å². The fourth-order valence-electron chi connectivity index (χ4n) is 6.35. The molecule has 0 unspecified atom stereocenters. The van der Waals surface area contributed by atoms with Gasteiger partial charge in [0.1, 0.15) is 5.75 Å². The predicted molar refractivity (Wildman–Crippen MR) is 119 cm³/mol. The Labute approximate surface area is 189 Å². The zero-order valence-corrected chi connectivity index (χ0v) is 19.7. The van der Waals surface area contributed by atoms with Gasteiger partial charge in [0.05, 0.1) is 24.1 Å². The first-order chi connectivity index (χ1) is 15.1. The standard InChI is InChI=1S/C23H32N2O6S/c1-25(2)32(28,29)18-4-5-20(30-3)19(9-18)24-21(26)14-31-22(27)13-23-10-15-6-16(11-23)8-17(7-15)12-23/h4-5,9,15-17H,6-8,10-14H2,1-3H3,(H,24,26). The van der Waals surface area contributed by atoms with Crippen LogP contribution >= 0.6 is 0 Å². The van der Waals surface area contributed by atoms with Crippen LogP contribution in [-0.2, 0) is 24.3 Å². The van der Waals surface area contributed by atoms with E-state index in [1.165, 1.54) is 58.7 Å². The first-order valence-corrected chi connectivity index (χ1v) is 12.6. The Morgan fingerprint density at radius 1 is 1.09 bits per heavy atom. The van der Waals surface area contributed by atoms with Gasteiger partial charge in [-0.15, -0.1) is 0 Å². The third-order valence-electron chi connectivity index (χ3n) is 7.27. The molecule has 4 bridgehead atoms. The quantitative estimate of drug-likeness (QED) is 0.594. The van der Waals surface area contributed by atoms with Crippen LogP contribution < -0.4 is 10.1 Å². The van der Waals surface area contributed by atoms with Crippen LogP contribution in [0.2, 0.25) is 0 Å². The molecule has 4 fully saturated rings. The van der Waals surface area contributed by atoms with Gasteiger partial charge in [-0.2, -0.15) is 0 Å². The van der Waals surface area contributed by atoms with Crippen molar-refractivity contribution in [1.82, 2.24) is 4.31 Å². The number of ether oxygens (including phenoxy) is 2. The molecule has 1 aromatic carbocycles. The monoisotopic (exact) mass is 464 g/mol. The molecule has 8 nitrogen and oxygen atoms in total. The molecule has 0 spiro atoms. The lowest BCUT2D eigenvalue weighted by atomic mass is 9.49. The van der Waals surface area contributed by atoms with Gasteiger partial charge in [-0.1, -0.05) is 0 Å². The van der Waals surface area contributed by atoms with Crippen LogP contribution in [0.25, 0.3) is 0 Å². The van der Waals surface area contributed by atoms with E-state index in [4.69, 9.17) is 9.47 Å². The number of amides is 1. The van der Waals surface area contributed by atoms with Crippen molar-refractivity contribution in [2.24, 2.45) is 23.2 Å². The second kappa shape index (κ2) is 8.67. The fourth-order valence-corrected chi connectivity index (χ4v) is 7.28. The van der Waals surface area contributed by atoms with Crippen molar-refractivity contribution in [3.05, 3.63) is 18.2 Å². The van der Waals surface area contributed by atoms with Gasteiger partial charge in [0.2, 0.25) is 10.0 Å². The molecule has 0 radical (unpaired) electrons. The SMILES string of the molecule is COc1ccc(S(=O)(=O)N(C)C)cc1NC(=O)COC(=O)CC12CC3CC(CC(C3)C1)C2. The molecule has 4 saturated carbocycles. The molecule has 0 aliphatic heterocycles. The van der Waals surface area contributed by atoms with Crippen LogP contribution in [0.1, 0.15) is 44.9 Å². The number of hydrogen-bond donors (Lipinski definition) is 1. The third-order valence-corrected chi connectivity index (χ3v) is 9.08. The van der Waals surface area contributed by atoms with Crippen LogP contribution in [-0.4, -0.2) is 52.4 Å². The average Bonchev–Trinajstić information content (AvgIpc) is 2.70. The van der Waals surface area contributed by atoms with Gasteiger partial charge in [0.15, 0.2) is 6.61 Å². The minimum absolute atomic E-state index is 0.0254. The number of methoxy groups -OCH3 is 1. The number of rotatable bonds is 8. The minimum Gasteiger partial charge on any atom is -0.495 e. The zero-order chi connectivity index (χ0) is 23.1. The normalized spacial score (nSPS) is 28.6. The Bertz CT molecular complexity index is 968. The molecule has 9 heteroatoms. The highest BCUT2D eigenvalue weighted by molar-refractivity contribution is 7.89. The van der Waals surface area contributed by atoms with E-state index < -0.39 is 22.5 Å². The summed E-state index contributed by atoms with van der Waals surface area (Å²) < 4.78 is 36.4. The third kappa shape index (κ3) is 4.64. The van der Waals surface area contributed by atoms with E-state index in [0.29, 0.717) is 12.2 Å². The number of carbonyl (C=O) groups excluding carboxylic acids is 2. The summed E-state index contributed by atoms with van der Waals surface area (Å²) in [6.45, 7) is -0.418. The van der Waals surface area contributed by atoms with Gasteiger partial charge in [0, 0.05) is 14.1 Å². The number of carbonyl (C=O) groups is 2. The number of nitrogens with zero attached hydrogens (tertiary/aromatic N) is 1. The number of anilines is 1. The number of esters is 1. The Morgan fingerprint density at radius 2 is 1.69 bits per heavy atom. The molecular weight excluding hydrogens is 432 g/mol. The molecular formula is C23H32N2O6S. The second-order valence-electron chi connectivity index (χ2n) is 9.95. The van der Waals surface area contributed by atoms with E-state index in [1.807, 2.05) is 0 Å². The summed E-state index contributed by atoms with van der Waals surface area (Å²) >= 11 is 0. The van der Waals surface area contributed by atoms with Crippen LogP contribution in [0.3, 0.4) is 0 Å². The maximum atomic E-state index is 12.6. The van der Waals surface area contributed by atoms with Gasteiger partial charge < -0.3 is 14.8 Å². The highest BCUT2D eigenvalue weighted by Gasteiger charge is 2.51. The molecule has 0 saturated heterocycles. The van der Waals surface area contributed by atoms with E-state index in [1.54, 1.807) is 0 Å². The van der Waals surface area contributed by atoms with Crippen molar-refractivity contribution >= 4 is 27.6 Å².